The van der Waals surface area contributed by atoms with Crippen LogP contribution < -0.4 is 0 Å². The Morgan fingerprint density at radius 2 is 1.88 bits per heavy atom. The van der Waals surface area contributed by atoms with Gasteiger partial charge in [-0.2, -0.15) is 0 Å². The van der Waals surface area contributed by atoms with Gasteiger partial charge in [-0.15, -0.1) is 0 Å². The Morgan fingerprint density at radius 3 is 2.46 bits per heavy atom. The van der Waals surface area contributed by atoms with Gasteiger partial charge in [0.1, 0.15) is 0 Å². The van der Waals surface area contributed by atoms with Crippen molar-refractivity contribution in [3.63, 3.8) is 0 Å². The van der Waals surface area contributed by atoms with Crippen LogP contribution in [-0.2, 0) is 9.84 Å². The summed E-state index contributed by atoms with van der Waals surface area (Å²) in [7, 11) is -3.35. The highest BCUT2D eigenvalue weighted by atomic mass is 32.2. The predicted molar refractivity (Wildman–Crippen MR) is 100 cm³/mol. The fraction of sp³-hybridized carbons (Fsp3) is 0.550. The van der Waals surface area contributed by atoms with Crippen LogP contribution in [0.5, 0.6) is 0 Å². The summed E-state index contributed by atoms with van der Waals surface area (Å²) in [6, 6.07) is 10.2. The van der Waals surface area contributed by atoms with Crippen LogP contribution in [0.15, 0.2) is 47.5 Å². The van der Waals surface area contributed by atoms with Gasteiger partial charge in [0.15, 0.2) is 14.7 Å². The predicted octanol–water partition coefficient (Wildman–Crippen LogP) is 4.51. The highest BCUT2D eigenvalue weighted by molar-refractivity contribution is 7.93. The molecule has 0 N–H and O–H groups in total. The fourth-order valence-corrected chi connectivity index (χ4v) is 6.31. The molecule has 4 heteroatoms. The number of allylic oxidation sites excluding steroid dienone is 1. The first kappa shape index (κ1) is 17.4. The normalized spacial score (nSPS) is 25.9. The van der Waals surface area contributed by atoms with Gasteiger partial charge in [-0.05, 0) is 42.9 Å². The van der Waals surface area contributed by atoms with Crippen LogP contribution in [0, 0.1) is 5.92 Å². The van der Waals surface area contributed by atoms with Crippen molar-refractivity contribution in [3.8, 4) is 0 Å². The number of hydrogen-bond acceptors (Lipinski definition) is 3. The second-order valence-corrected chi connectivity index (χ2v) is 9.30. The van der Waals surface area contributed by atoms with Crippen molar-refractivity contribution in [1.82, 2.24) is 0 Å². The topological polar surface area (TPSA) is 46.5 Å². The van der Waals surface area contributed by atoms with E-state index in [1.54, 1.807) is 18.4 Å². The average molecular weight is 346 g/mol. The van der Waals surface area contributed by atoms with Crippen molar-refractivity contribution in [2.24, 2.45) is 10.9 Å². The fourth-order valence-electron chi connectivity index (χ4n) is 4.14. The molecule has 1 aliphatic carbocycles. The van der Waals surface area contributed by atoms with E-state index in [-0.39, 0.29) is 11.7 Å². The van der Waals surface area contributed by atoms with E-state index in [9.17, 15) is 8.42 Å². The van der Waals surface area contributed by atoms with Gasteiger partial charge in [0, 0.05) is 12.1 Å². The minimum atomic E-state index is -3.35. The lowest BCUT2D eigenvalue weighted by Crippen LogP contribution is -2.38. The van der Waals surface area contributed by atoms with Crippen LogP contribution in [0.25, 0.3) is 0 Å². The third kappa shape index (κ3) is 3.34. The van der Waals surface area contributed by atoms with Crippen LogP contribution in [0.4, 0.5) is 0 Å². The molecule has 3 nitrogen and oxygen atoms in total. The summed E-state index contributed by atoms with van der Waals surface area (Å²) in [5.74, 6) is 0.723. The maximum Gasteiger partial charge on any atom is 0.180 e. The summed E-state index contributed by atoms with van der Waals surface area (Å²) in [5.41, 5.74) is 1.16. The second kappa shape index (κ2) is 7.22. The number of rotatable bonds is 6. The third-order valence-electron chi connectivity index (χ3n) is 5.63. The summed E-state index contributed by atoms with van der Waals surface area (Å²) >= 11 is 0. The number of hydrogen-bond donors (Lipinski definition) is 0. The largest absolute Gasteiger partial charge is 0.266 e. The molecule has 0 aromatic heterocycles. The molecule has 0 saturated heterocycles. The molecule has 1 saturated carbocycles. The number of aliphatic imine (C=N–C) groups is 1. The van der Waals surface area contributed by atoms with Crippen LogP contribution >= 0.6 is 0 Å². The first-order valence-corrected chi connectivity index (χ1v) is 10.7. The first-order valence-electron chi connectivity index (χ1n) is 9.08. The molecule has 2 atom stereocenters. The zero-order valence-corrected chi connectivity index (χ0v) is 15.2. The molecule has 2 unspecified atom stereocenters. The lowest BCUT2D eigenvalue weighted by atomic mass is 9.78. The molecular formula is C20H27NO2S. The standard InChI is InChI=1S/C20H27NO2S/c1-2-20(14-9-15-21-20)24(22,23)16-19(17-10-5-3-6-11-17)18-12-7-4-8-13-18/h3,5-6,9-11,14-15,18-19H,2,4,7-8,12-13,16H2,1H3. The van der Waals surface area contributed by atoms with Crippen LogP contribution in [-0.4, -0.2) is 25.3 Å². The molecule has 0 bridgehead atoms. The molecular weight excluding hydrogens is 318 g/mol. The maximum atomic E-state index is 13.2. The van der Waals surface area contributed by atoms with Crippen LogP contribution in [0.2, 0.25) is 0 Å². The van der Waals surface area contributed by atoms with Gasteiger partial charge in [-0.3, -0.25) is 4.99 Å². The Labute approximate surface area is 145 Å². The van der Waals surface area contributed by atoms with Gasteiger partial charge in [-0.1, -0.05) is 56.5 Å². The molecule has 0 radical (unpaired) electrons. The molecule has 24 heavy (non-hydrogen) atoms. The number of sulfone groups is 1. The molecule has 0 spiro atoms. The Balaban J connectivity index is 1.91. The molecule has 1 aromatic carbocycles. The minimum Gasteiger partial charge on any atom is -0.266 e. The molecule has 1 aromatic rings. The summed E-state index contributed by atoms with van der Waals surface area (Å²) in [6.07, 6.45) is 11.6. The van der Waals surface area contributed by atoms with E-state index in [0.29, 0.717) is 12.3 Å². The quantitative estimate of drug-likeness (QED) is 0.761. The summed E-state index contributed by atoms with van der Waals surface area (Å²) in [5, 5.41) is 0. The Bertz CT molecular complexity index is 688. The number of nitrogens with zero attached hydrogens (tertiary/aromatic N) is 1. The lowest BCUT2D eigenvalue weighted by molar-refractivity contribution is 0.316. The average Bonchev–Trinajstić information content (AvgIpc) is 3.12. The van der Waals surface area contributed by atoms with Gasteiger partial charge in [0.2, 0.25) is 0 Å². The number of benzene rings is 1. The van der Waals surface area contributed by atoms with Gasteiger partial charge in [-0.25, -0.2) is 8.42 Å². The van der Waals surface area contributed by atoms with Crippen LogP contribution in [0.3, 0.4) is 0 Å². The van der Waals surface area contributed by atoms with Gasteiger partial charge in [0.25, 0.3) is 0 Å². The van der Waals surface area contributed by atoms with E-state index in [1.807, 2.05) is 25.1 Å². The zero-order valence-electron chi connectivity index (χ0n) is 14.4. The van der Waals surface area contributed by atoms with E-state index < -0.39 is 14.7 Å². The summed E-state index contributed by atoms with van der Waals surface area (Å²) in [6.45, 7) is 1.91. The Hall–Kier alpha value is -1.42. The van der Waals surface area contributed by atoms with Crippen LogP contribution in [0.1, 0.15) is 56.9 Å². The minimum absolute atomic E-state index is 0.0733. The molecule has 1 heterocycles. The Kier molecular flexibility index (Phi) is 5.24. The lowest BCUT2D eigenvalue weighted by Gasteiger charge is -2.33. The van der Waals surface area contributed by atoms with Gasteiger partial charge < -0.3 is 0 Å². The van der Waals surface area contributed by atoms with Crippen molar-refractivity contribution in [2.75, 3.05) is 5.75 Å². The SMILES string of the molecule is CCC1(S(=O)(=O)CC(c2ccccc2)C2CCCCC2)C=CC=N1. The van der Waals surface area contributed by atoms with Crippen molar-refractivity contribution in [3.05, 3.63) is 48.0 Å². The molecule has 130 valence electrons. The van der Waals surface area contributed by atoms with Gasteiger partial charge >= 0.3 is 0 Å². The van der Waals surface area contributed by atoms with E-state index in [2.05, 4.69) is 17.1 Å². The molecule has 1 aliphatic heterocycles. The van der Waals surface area contributed by atoms with Gasteiger partial charge in [0.05, 0.1) is 5.75 Å². The smallest absolute Gasteiger partial charge is 0.180 e. The molecule has 0 amide bonds. The molecule has 2 aliphatic rings. The van der Waals surface area contributed by atoms with Crippen molar-refractivity contribution in [2.45, 2.75) is 56.2 Å². The summed E-state index contributed by atoms with van der Waals surface area (Å²) < 4.78 is 26.5. The van der Waals surface area contributed by atoms with Crippen molar-refractivity contribution >= 4 is 16.1 Å². The van der Waals surface area contributed by atoms with Crippen molar-refractivity contribution < 1.29 is 8.42 Å². The van der Waals surface area contributed by atoms with E-state index in [4.69, 9.17) is 0 Å². The molecule has 1 fully saturated rings. The highest BCUT2D eigenvalue weighted by Crippen LogP contribution is 2.40. The highest BCUT2D eigenvalue weighted by Gasteiger charge is 2.43. The van der Waals surface area contributed by atoms with Crippen molar-refractivity contribution in [1.29, 1.82) is 0 Å². The Morgan fingerprint density at radius 1 is 1.17 bits per heavy atom. The summed E-state index contributed by atoms with van der Waals surface area (Å²) in [4.78, 5) is 3.28. The molecule has 3 rings (SSSR count). The maximum absolute atomic E-state index is 13.2. The third-order valence-corrected chi connectivity index (χ3v) is 8.03. The first-order chi connectivity index (χ1) is 11.6. The zero-order chi connectivity index (χ0) is 17.0. The second-order valence-electron chi connectivity index (χ2n) is 7.03. The van der Waals surface area contributed by atoms with E-state index in [1.165, 1.54) is 19.3 Å². The van der Waals surface area contributed by atoms with E-state index >= 15 is 0 Å². The monoisotopic (exact) mass is 345 g/mol. The van der Waals surface area contributed by atoms with E-state index in [0.717, 1.165) is 18.4 Å².